The van der Waals surface area contributed by atoms with Gasteiger partial charge in [-0.1, -0.05) is 6.07 Å². The Balaban J connectivity index is 1.86. The van der Waals surface area contributed by atoms with Gasteiger partial charge in [0.25, 0.3) is 0 Å². The number of piperidine rings is 1. The van der Waals surface area contributed by atoms with Crippen LogP contribution in [0.15, 0.2) is 24.5 Å². The Kier molecular flexibility index (Phi) is 8.15. The second-order valence-corrected chi connectivity index (χ2v) is 7.06. The van der Waals surface area contributed by atoms with E-state index in [9.17, 15) is 4.79 Å². The number of methoxy groups -OCH3 is 1. The van der Waals surface area contributed by atoms with E-state index in [0.717, 1.165) is 18.7 Å². The second-order valence-electron chi connectivity index (χ2n) is 7.06. The number of hydrogen-bond acceptors (Lipinski definition) is 4. The Morgan fingerprint density at radius 3 is 3.04 bits per heavy atom. The number of urea groups is 1. The fourth-order valence-corrected chi connectivity index (χ4v) is 3.24. The highest BCUT2D eigenvalue weighted by Crippen LogP contribution is 2.17. The summed E-state index contributed by atoms with van der Waals surface area (Å²) < 4.78 is 5.15. The Morgan fingerprint density at radius 1 is 1.52 bits per heavy atom. The smallest absolute Gasteiger partial charge is 0.317 e. The van der Waals surface area contributed by atoms with Crippen LogP contribution in [0.3, 0.4) is 0 Å². The number of likely N-dealkylation sites (tertiary alicyclic amines) is 1. The summed E-state index contributed by atoms with van der Waals surface area (Å²) in [6.07, 6.45) is 5.94. The maximum absolute atomic E-state index is 12.6. The van der Waals surface area contributed by atoms with Crippen molar-refractivity contribution in [3.8, 4) is 0 Å². The average Bonchev–Trinajstić information content (AvgIpc) is 2.64. The minimum atomic E-state index is -0.0254. The zero-order valence-electron chi connectivity index (χ0n) is 15.8. The third-order valence-electron chi connectivity index (χ3n) is 4.77. The van der Waals surface area contributed by atoms with E-state index in [-0.39, 0.29) is 6.03 Å². The number of rotatable bonds is 8. The molecule has 1 aliphatic rings. The largest absolute Gasteiger partial charge is 0.383 e. The van der Waals surface area contributed by atoms with Crippen LogP contribution in [0, 0.1) is 5.92 Å². The molecule has 0 radical (unpaired) electrons. The van der Waals surface area contributed by atoms with Crippen LogP contribution in [-0.2, 0) is 11.3 Å². The molecular weight excluding hydrogens is 316 g/mol. The van der Waals surface area contributed by atoms with E-state index in [1.165, 1.54) is 19.4 Å². The molecule has 1 aromatic rings. The summed E-state index contributed by atoms with van der Waals surface area (Å²) in [4.78, 5) is 21.1. The van der Waals surface area contributed by atoms with Crippen LogP contribution in [0.4, 0.5) is 4.79 Å². The number of nitrogens with zero attached hydrogens (tertiary/aromatic N) is 3. The normalized spacial score (nSPS) is 18.3. The maximum Gasteiger partial charge on any atom is 0.317 e. The first-order valence-corrected chi connectivity index (χ1v) is 9.24. The van der Waals surface area contributed by atoms with Crippen molar-refractivity contribution in [3.63, 3.8) is 0 Å². The SMILES string of the molecule is COCCN(Cc1cccnc1)C(=O)NC[C@H]1CCCN(C(C)C)C1. The van der Waals surface area contributed by atoms with Gasteiger partial charge in [-0.2, -0.15) is 0 Å². The van der Waals surface area contributed by atoms with Gasteiger partial charge in [-0.3, -0.25) is 4.98 Å². The highest BCUT2D eigenvalue weighted by molar-refractivity contribution is 5.74. The molecule has 0 unspecified atom stereocenters. The van der Waals surface area contributed by atoms with E-state index in [0.29, 0.717) is 31.7 Å². The van der Waals surface area contributed by atoms with Crippen LogP contribution in [0.2, 0.25) is 0 Å². The molecule has 0 bridgehead atoms. The van der Waals surface area contributed by atoms with Crippen LogP contribution in [0.5, 0.6) is 0 Å². The van der Waals surface area contributed by atoms with Crippen molar-refractivity contribution in [1.82, 2.24) is 20.1 Å². The number of amides is 2. The lowest BCUT2D eigenvalue weighted by molar-refractivity contribution is 0.130. The molecule has 1 N–H and O–H groups in total. The van der Waals surface area contributed by atoms with Crippen molar-refractivity contribution in [2.75, 3.05) is 39.9 Å². The third-order valence-corrected chi connectivity index (χ3v) is 4.77. The fraction of sp³-hybridized carbons (Fsp3) is 0.684. The Hall–Kier alpha value is -1.66. The van der Waals surface area contributed by atoms with Gasteiger partial charge in [0.05, 0.1) is 6.61 Å². The summed E-state index contributed by atoms with van der Waals surface area (Å²) >= 11 is 0. The van der Waals surface area contributed by atoms with Gasteiger partial charge < -0.3 is 19.9 Å². The summed E-state index contributed by atoms with van der Waals surface area (Å²) in [7, 11) is 1.66. The molecule has 0 spiro atoms. The van der Waals surface area contributed by atoms with Gasteiger partial charge in [0.2, 0.25) is 0 Å². The number of hydrogen-bond donors (Lipinski definition) is 1. The molecule has 0 saturated carbocycles. The van der Waals surface area contributed by atoms with Crippen LogP contribution in [0.25, 0.3) is 0 Å². The summed E-state index contributed by atoms with van der Waals surface area (Å²) in [5.41, 5.74) is 1.03. The van der Waals surface area contributed by atoms with Crippen LogP contribution in [0.1, 0.15) is 32.3 Å². The zero-order valence-corrected chi connectivity index (χ0v) is 15.8. The standard InChI is InChI=1S/C19H32N4O2/c1-16(2)22-9-5-7-18(14-22)13-21-19(24)23(10-11-25-3)15-17-6-4-8-20-12-17/h4,6,8,12,16,18H,5,7,9-11,13-15H2,1-3H3,(H,21,24)/t18-/m1/s1. The van der Waals surface area contributed by atoms with E-state index in [1.807, 2.05) is 12.1 Å². The summed E-state index contributed by atoms with van der Waals surface area (Å²) in [6, 6.07) is 4.43. The van der Waals surface area contributed by atoms with E-state index in [4.69, 9.17) is 4.74 Å². The number of carbonyl (C=O) groups is 1. The molecule has 25 heavy (non-hydrogen) atoms. The third kappa shape index (κ3) is 6.63. The maximum atomic E-state index is 12.6. The lowest BCUT2D eigenvalue weighted by Crippen LogP contribution is -2.47. The van der Waals surface area contributed by atoms with E-state index < -0.39 is 0 Å². The molecule has 2 rings (SSSR count). The Bertz CT molecular complexity index is 509. The number of pyridine rings is 1. The molecule has 1 atom stereocenters. The molecule has 1 fully saturated rings. The first-order chi connectivity index (χ1) is 12.1. The quantitative estimate of drug-likeness (QED) is 0.783. The van der Waals surface area contributed by atoms with Gasteiger partial charge in [0.15, 0.2) is 0 Å². The first kappa shape index (κ1) is 19.7. The second kappa shape index (κ2) is 10.4. The molecule has 1 aliphatic heterocycles. The topological polar surface area (TPSA) is 57.7 Å². The molecule has 6 nitrogen and oxygen atoms in total. The lowest BCUT2D eigenvalue weighted by atomic mass is 9.97. The Labute approximate surface area is 151 Å². The van der Waals surface area contributed by atoms with E-state index >= 15 is 0 Å². The Morgan fingerprint density at radius 2 is 2.36 bits per heavy atom. The molecule has 0 aliphatic carbocycles. The molecular formula is C19H32N4O2. The highest BCUT2D eigenvalue weighted by Gasteiger charge is 2.23. The number of carbonyl (C=O) groups excluding carboxylic acids is 1. The van der Waals surface area contributed by atoms with Crippen molar-refractivity contribution in [3.05, 3.63) is 30.1 Å². The van der Waals surface area contributed by atoms with E-state index in [1.54, 1.807) is 24.4 Å². The average molecular weight is 348 g/mol. The van der Waals surface area contributed by atoms with Gasteiger partial charge >= 0.3 is 6.03 Å². The van der Waals surface area contributed by atoms with Crippen LogP contribution in [-0.4, -0.2) is 66.8 Å². The fourth-order valence-electron chi connectivity index (χ4n) is 3.24. The first-order valence-electron chi connectivity index (χ1n) is 9.24. The predicted molar refractivity (Wildman–Crippen MR) is 99.4 cm³/mol. The van der Waals surface area contributed by atoms with Gasteiger partial charge in [0, 0.05) is 51.7 Å². The van der Waals surface area contributed by atoms with Crippen LogP contribution < -0.4 is 5.32 Å². The zero-order chi connectivity index (χ0) is 18.1. The van der Waals surface area contributed by atoms with Gasteiger partial charge in [-0.15, -0.1) is 0 Å². The summed E-state index contributed by atoms with van der Waals surface area (Å²) in [6.45, 7) is 9.09. The van der Waals surface area contributed by atoms with Crippen molar-refractivity contribution < 1.29 is 9.53 Å². The predicted octanol–water partition coefficient (Wildman–Crippen LogP) is 2.36. The molecule has 1 saturated heterocycles. The summed E-state index contributed by atoms with van der Waals surface area (Å²) in [5, 5.41) is 3.13. The minimum absolute atomic E-state index is 0.0254. The molecule has 6 heteroatoms. The molecule has 1 aromatic heterocycles. The minimum Gasteiger partial charge on any atom is -0.383 e. The van der Waals surface area contributed by atoms with Crippen LogP contribution >= 0.6 is 0 Å². The van der Waals surface area contributed by atoms with Crippen molar-refractivity contribution in [2.24, 2.45) is 5.92 Å². The van der Waals surface area contributed by atoms with Gasteiger partial charge in [-0.25, -0.2) is 4.79 Å². The molecule has 140 valence electrons. The van der Waals surface area contributed by atoms with Crippen molar-refractivity contribution in [1.29, 1.82) is 0 Å². The van der Waals surface area contributed by atoms with Crippen molar-refractivity contribution >= 4 is 6.03 Å². The monoisotopic (exact) mass is 348 g/mol. The van der Waals surface area contributed by atoms with E-state index in [2.05, 4.69) is 29.0 Å². The molecule has 2 amide bonds. The number of ether oxygens (including phenoxy) is 1. The van der Waals surface area contributed by atoms with Gasteiger partial charge in [-0.05, 0) is 50.8 Å². The highest BCUT2D eigenvalue weighted by atomic mass is 16.5. The number of nitrogens with one attached hydrogen (secondary N) is 1. The summed E-state index contributed by atoms with van der Waals surface area (Å²) in [5.74, 6) is 0.530. The van der Waals surface area contributed by atoms with Gasteiger partial charge in [0.1, 0.15) is 0 Å². The molecule has 2 heterocycles. The molecule has 0 aromatic carbocycles. The van der Waals surface area contributed by atoms with Crippen molar-refractivity contribution in [2.45, 2.75) is 39.3 Å². The number of aromatic nitrogens is 1. The lowest BCUT2D eigenvalue weighted by Gasteiger charge is -2.35.